The van der Waals surface area contributed by atoms with Gasteiger partial charge in [0.1, 0.15) is 0 Å². The third kappa shape index (κ3) is 6.39. The summed E-state index contributed by atoms with van der Waals surface area (Å²) in [6.45, 7) is 8.12. The number of aryl methyl sites for hydroxylation is 1. The summed E-state index contributed by atoms with van der Waals surface area (Å²) >= 11 is 6.30. The van der Waals surface area contributed by atoms with E-state index in [1.807, 2.05) is 25.1 Å². The molecule has 1 saturated heterocycles. The molecule has 33 heavy (non-hydrogen) atoms. The second-order valence-corrected chi connectivity index (χ2v) is 9.94. The Morgan fingerprint density at radius 2 is 1.88 bits per heavy atom. The van der Waals surface area contributed by atoms with Crippen molar-refractivity contribution >= 4 is 28.4 Å². The van der Waals surface area contributed by atoms with E-state index in [-0.39, 0.29) is 11.9 Å². The standard InChI is InChI=1S/C28H36ClN3O/c1-21(30-22(2)33)20-32-27-13-12-23(9-4-7-16-31-14-5-3-6-15-31)17-25(27)19-28(32)24-10-8-11-26(29)18-24/h8,10-13,17-19,21H,3-7,9,14-16,20H2,1-2H3,(H,30,33). The fourth-order valence-electron chi connectivity index (χ4n) is 5.07. The Balaban J connectivity index is 1.52. The predicted octanol–water partition coefficient (Wildman–Crippen LogP) is 6.29. The average molecular weight is 466 g/mol. The predicted molar refractivity (Wildman–Crippen MR) is 139 cm³/mol. The topological polar surface area (TPSA) is 37.3 Å². The fraction of sp³-hybridized carbons (Fsp3) is 0.464. The number of nitrogens with zero attached hydrogens (tertiary/aromatic N) is 2. The molecule has 1 aliphatic heterocycles. The number of aromatic nitrogens is 1. The van der Waals surface area contributed by atoms with Gasteiger partial charge in [0, 0.05) is 41.1 Å². The van der Waals surface area contributed by atoms with Gasteiger partial charge in [-0.25, -0.2) is 0 Å². The molecule has 2 aromatic carbocycles. The maximum absolute atomic E-state index is 11.6. The summed E-state index contributed by atoms with van der Waals surface area (Å²) in [6, 6.07) is 17.1. The molecular formula is C28H36ClN3O. The van der Waals surface area contributed by atoms with Crippen molar-refractivity contribution < 1.29 is 4.79 Å². The lowest BCUT2D eigenvalue weighted by Crippen LogP contribution is -2.34. The minimum Gasteiger partial charge on any atom is -0.352 e. The van der Waals surface area contributed by atoms with Crippen LogP contribution >= 0.6 is 11.6 Å². The highest BCUT2D eigenvalue weighted by Crippen LogP contribution is 2.31. The number of hydrogen-bond acceptors (Lipinski definition) is 2. The van der Waals surface area contributed by atoms with Crippen molar-refractivity contribution in [2.75, 3.05) is 19.6 Å². The van der Waals surface area contributed by atoms with E-state index in [2.05, 4.69) is 45.1 Å². The molecule has 0 aliphatic carbocycles. The van der Waals surface area contributed by atoms with E-state index in [1.165, 1.54) is 68.2 Å². The number of amides is 1. The lowest BCUT2D eigenvalue weighted by Gasteiger charge is -2.26. The van der Waals surface area contributed by atoms with Crippen LogP contribution in [0.15, 0.2) is 48.5 Å². The zero-order valence-electron chi connectivity index (χ0n) is 19.9. The number of fused-ring (bicyclic) bond motifs is 1. The van der Waals surface area contributed by atoms with Crippen molar-refractivity contribution in [3.63, 3.8) is 0 Å². The number of halogens is 1. The highest BCUT2D eigenvalue weighted by molar-refractivity contribution is 6.30. The van der Waals surface area contributed by atoms with Crippen LogP contribution in [0.2, 0.25) is 5.02 Å². The van der Waals surface area contributed by atoms with Crippen molar-refractivity contribution in [1.82, 2.24) is 14.8 Å². The van der Waals surface area contributed by atoms with Crippen molar-refractivity contribution in [2.24, 2.45) is 0 Å². The molecule has 1 unspecified atom stereocenters. The molecule has 0 spiro atoms. The zero-order chi connectivity index (χ0) is 23.2. The van der Waals surface area contributed by atoms with Gasteiger partial charge >= 0.3 is 0 Å². The number of nitrogens with one attached hydrogen (secondary N) is 1. The molecular weight excluding hydrogens is 430 g/mol. The number of piperidine rings is 1. The Labute approximate surface area is 202 Å². The Hall–Kier alpha value is -2.30. The number of unbranched alkanes of at least 4 members (excludes halogenated alkanes) is 1. The number of carbonyl (C=O) groups is 1. The molecule has 0 saturated carbocycles. The smallest absolute Gasteiger partial charge is 0.217 e. The first-order valence-corrected chi connectivity index (χ1v) is 12.7. The molecule has 0 radical (unpaired) electrons. The van der Waals surface area contributed by atoms with Crippen molar-refractivity contribution in [3.05, 3.63) is 59.1 Å². The first-order valence-electron chi connectivity index (χ1n) is 12.4. The first-order chi connectivity index (χ1) is 16.0. The summed E-state index contributed by atoms with van der Waals surface area (Å²) in [5, 5.41) is 4.99. The van der Waals surface area contributed by atoms with Crippen LogP contribution in [-0.4, -0.2) is 41.1 Å². The van der Waals surface area contributed by atoms with E-state index < -0.39 is 0 Å². The van der Waals surface area contributed by atoms with Gasteiger partial charge in [-0.1, -0.05) is 36.2 Å². The van der Waals surface area contributed by atoms with Gasteiger partial charge in [-0.15, -0.1) is 0 Å². The Kier molecular flexibility index (Phi) is 8.11. The normalized spacial score (nSPS) is 15.6. The fourth-order valence-corrected chi connectivity index (χ4v) is 5.26. The van der Waals surface area contributed by atoms with Gasteiger partial charge in [0.05, 0.1) is 0 Å². The van der Waals surface area contributed by atoms with Crippen LogP contribution < -0.4 is 5.32 Å². The summed E-state index contributed by atoms with van der Waals surface area (Å²) in [5.74, 6) is -0.00453. The van der Waals surface area contributed by atoms with E-state index in [9.17, 15) is 4.79 Å². The lowest BCUT2D eigenvalue weighted by atomic mass is 10.1. The van der Waals surface area contributed by atoms with E-state index in [4.69, 9.17) is 11.6 Å². The number of benzene rings is 2. The first kappa shape index (κ1) is 23.8. The second kappa shape index (κ2) is 11.2. The highest BCUT2D eigenvalue weighted by atomic mass is 35.5. The molecule has 1 aromatic heterocycles. The number of hydrogen-bond donors (Lipinski definition) is 1. The van der Waals surface area contributed by atoms with Crippen LogP contribution in [0.4, 0.5) is 0 Å². The molecule has 1 amide bonds. The monoisotopic (exact) mass is 465 g/mol. The molecule has 0 bridgehead atoms. The number of carbonyl (C=O) groups excluding carboxylic acids is 1. The number of rotatable bonds is 9. The maximum atomic E-state index is 11.6. The van der Waals surface area contributed by atoms with E-state index in [0.29, 0.717) is 6.54 Å². The molecule has 1 aliphatic rings. The van der Waals surface area contributed by atoms with E-state index >= 15 is 0 Å². The summed E-state index contributed by atoms with van der Waals surface area (Å²) in [7, 11) is 0. The summed E-state index contributed by atoms with van der Waals surface area (Å²) < 4.78 is 2.31. The largest absolute Gasteiger partial charge is 0.352 e. The summed E-state index contributed by atoms with van der Waals surface area (Å²) in [6.07, 6.45) is 7.73. The third-order valence-electron chi connectivity index (χ3n) is 6.63. The minimum absolute atomic E-state index is 0.00453. The molecule has 176 valence electrons. The van der Waals surface area contributed by atoms with Crippen molar-refractivity contribution in [2.45, 2.75) is 65.0 Å². The van der Waals surface area contributed by atoms with Gasteiger partial charge in [0.2, 0.25) is 5.91 Å². The molecule has 1 atom stereocenters. The maximum Gasteiger partial charge on any atom is 0.217 e. The van der Waals surface area contributed by atoms with Crippen molar-refractivity contribution in [3.8, 4) is 11.3 Å². The van der Waals surface area contributed by atoms with Crippen LogP contribution in [0.1, 0.15) is 51.5 Å². The van der Waals surface area contributed by atoms with Gasteiger partial charge in [-0.2, -0.15) is 0 Å². The van der Waals surface area contributed by atoms with E-state index in [0.717, 1.165) is 22.7 Å². The summed E-state index contributed by atoms with van der Waals surface area (Å²) in [5.41, 5.74) is 4.81. The minimum atomic E-state index is -0.00453. The van der Waals surface area contributed by atoms with Gasteiger partial charge in [0.15, 0.2) is 0 Å². The van der Waals surface area contributed by atoms with Crippen LogP contribution in [0.25, 0.3) is 22.2 Å². The van der Waals surface area contributed by atoms with Gasteiger partial charge < -0.3 is 14.8 Å². The average Bonchev–Trinajstić information content (AvgIpc) is 3.14. The molecule has 1 fully saturated rings. The van der Waals surface area contributed by atoms with Gasteiger partial charge in [-0.3, -0.25) is 4.79 Å². The highest BCUT2D eigenvalue weighted by Gasteiger charge is 2.15. The van der Waals surface area contributed by atoms with Crippen LogP contribution in [0.5, 0.6) is 0 Å². The molecule has 3 aromatic rings. The molecule has 1 N–H and O–H groups in total. The molecule has 2 heterocycles. The molecule has 4 rings (SSSR count). The van der Waals surface area contributed by atoms with E-state index in [1.54, 1.807) is 6.92 Å². The lowest BCUT2D eigenvalue weighted by molar-refractivity contribution is -0.119. The Bertz CT molecular complexity index is 1080. The molecule has 4 nitrogen and oxygen atoms in total. The Morgan fingerprint density at radius 1 is 1.06 bits per heavy atom. The van der Waals surface area contributed by atoms with Gasteiger partial charge in [-0.05, 0) is 100 Å². The Morgan fingerprint density at radius 3 is 2.64 bits per heavy atom. The van der Waals surface area contributed by atoms with Crippen LogP contribution in [0.3, 0.4) is 0 Å². The third-order valence-corrected chi connectivity index (χ3v) is 6.87. The number of likely N-dealkylation sites (tertiary alicyclic amines) is 1. The van der Waals surface area contributed by atoms with Crippen LogP contribution in [-0.2, 0) is 17.8 Å². The quantitative estimate of drug-likeness (QED) is 0.377. The molecule has 5 heteroatoms. The van der Waals surface area contributed by atoms with Crippen LogP contribution in [0, 0.1) is 0 Å². The SMILES string of the molecule is CC(=O)NC(C)Cn1c(-c2cccc(Cl)c2)cc2cc(CCCCN3CCCCC3)ccc21. The zero-order valence-corrected chi connectivity index (χ0v) is 20.7. The van der Waals surface area contributed by atoms with Crippen molar-refractivity contribution in [1.29, 1.82) is 0 Å². The summed E-state index contributed by atoms with van der Waals surface area (Å²) in [4.78, 5) is 14.2. The van der Waals surface area contributed by atoms with Gasteiger partial charge in [0.25, 0.3) is 0 Å². The second-order valence-electron chi connectivity index (χ2n) is 9.50.